The van der Waals surface area contributed by atoms with Gasteiger partial charge in [-0.2, -0.15) is 0 Å². The lowest BCUT2D eigenvalue weighted by atomic mass is 10.1. The summed E-state index contributed by atoms with van der Waals surface area (Å²) in [6.07, 6.45) is 6.39. The van der Waals surface area contributed by atoms with Crippen LogP contribution in [0.5, 0.6) is 11.6 Å². The fourth-order valence-corrected chi connectivity index (χ4v) is 2.89. The lowest BCUT2D eigenvalue weighted by Crippen LogP contribution is -2.09. The summed E-state index contributed by atoms with van der Waals surface area (Å²) >= 11 is 0. The highest BCUT2D eigenvalue weighted by Crippen LogP contribution is 2.25. The lowest BCUT2D eigenvalue weighted by molar-refractivity contribution is 0.0727. The van der Waals surface area contributed by atoms with Gasteiger partial charge in [0.25, 0.3) is 0 Å². The van der Waals surface area contributed by atoms with Gasteiger partial charge in [0.15, 0.2) is 5.58 Å². The summed E-state index contributed by atoms with van der Waals surface area (Å²) < 4.78 is 10.9. The number of rotatable bonds is 4. The van der Waals surface area contributed by atoms with Crippen LogP contribution in [-0.4, -0.2) is 26.0 Å². The average Bonchev–Trinajstić information content (AvgIpc) is 3.13. The largest absolute Gasteiger partial charge is 0.507 e. The zero-order chi connectivity index (χ0) is 20.4. The summed E-state index contributed by atoms with van der Waals surface area (Å²) in [5.41, 5.74) is 3.95. The Kier molecular flexibility index (Phi) is 4.78. The van der Waals surface area contributed by atoms with Gasteiger partial charge in [-0.15, -0.1) is 0 Å². The van der Waals surface area contributed by atoms with E-state index in [2.05, 4.69) is 15.0 Å². The van der Waals surface area contributed by atoms with Crippen molar-refractivity contribution in [2.75, 3.05) is 0 Å². The zero-order valence-electron chi connectivity index (χ0n) is 15.8. The summed E-state index contributed by atoms with van der Waals surface area (Å²) in [7, 11) is 0. The molecule has 4 aromatic rings. The van der Waals surface area contributed by atoms with E-state index in [9.17, 15) is 9.90 Å². The average molecular weight is 387 g/mol. The smallest absolute Gasteiger partial charge is 0.344 e. The predicted molar refractivity (Wildman–Crippen MR) is 108 cm³/mol. The molecule has 0 aliphatic carbocycles. The van der Waals surface area contributed by atoms with Crippen molar-refractivity contribution in [3.05, 3.63) is 77.1 Å². The van der Waals surface area contributed by atoms with Crippen molar-refractivity contribution < 1.29 is 19.1 Å². The maximum absolute atomic E-state index is 12.3. The van der Waals surface area contributed by atoms with Crippen LogP contribution in [0.2, 0.25) is 0 Å². The number of hydrogen-bond donors (Lipinski definition) is 1. The molecule has 0 aliphatic heterocycles. The number of hydrogen-bond acceptors (Lipinski definition) is 7. The van der Waals surface area contributed by atoms with Crippen LogP contribution in [0.25, 0.3) is 23.3 Å². The summed E-state index contributed by atoms with van der Waals surface area (Å²) in [6, 6.07) is 10.2. The van der Waals surface area contributed by atoms with Crippen molar-refractivity contribution in [2.24, 2.45) is 0 Å². The molecule has 2 heterocycles. The Bertz CT molecular complexity index is 1210. The first-order valence-corrected chi connectivity index (χ1v) is 8.87. The second kappa shape index (κ2) is 7.55. The van der Waals surface area contributed by atoms with Gasteiger partial charge in [0, 0.05) is 18.3 Å². The Morgan fingerprint density at radius 3 is 2.62 bits per heavy atom. The first kappa shape index (κ1) is 18.4. The molecule has 0 bridgehead atoms. The number of aromatic hydroxyl groups is 1. The van der Waals surface area contributed by atoms with Gasteiger partial charge >= 0.3 is 5.97 Å². The standard InChI is InChI=1S/C22H17N3O4/c1-13-9-15(10-14(2)21(13)26)3-6-20-25-17-5-4-16(11-18(17)28-20)22(27)29-19-7-8-23-12-24-19/h3-12,26H,1-2H3/b6-3+. The van der Waals surface area contributed by atoms with E-state index in [0.29, 0.717) is 28.3 Å². The molecule has 0 amide bonds. The molecule has 0 saturated carbocycles. The molecule has 144 valence electrons. The second-order valence-electron chi connectivity index (χ2n) is 6.51. The van der Waals surface area contributed by atoms with Crippen molar-refractivity contribution in [3.8, 4) is 11.6 Å². The molecule has 2 aromatic heterocycles. The molecular formula is C22H17N3O4. The number of ether oxygens (including phenoxy) is 1. The Balaban J connectivity index is 1.56. The van der Waals surface area contributed by atoms with E-state index >= 15 is 0 Å². The highest BCUT2D eigenvalue weighted by atomic mass is 16.5. The van der Waals surface area contributed by atoms with Crippen LogP contribution in [0, 0.1) is 13.8 Å². The minimum Gasteiger partial charge on any atom is -0.507 e. The van der Waals surface area contributed by atoms with Gasteiger partial charge in [-0.05, 0) is 66.9 Å². The summed E-state index contributed by atoms with van der Waals surface area (Å²) in [5.74, 6) is 0.329. The summed E-state index contributed by atoms with van der Waals surface area (Å²) in [6.45, 7) is 3.70. The summed E-state index contributed by atoms with van der Waals surface area (Å²) in [5, 5.41) is 9.88. The molecule has 0 unspecified atom stereocenters. The first-order valence-electron chi connectivity index (χ1n) is 8.87. The Labute approximate surface area is 166 Å². The Hall–Kier alpha value is -4.00. The highest BCUT2D eigenvalue weighted by molar-refractivity contribution is 5.94. The third-order valence-electron chi connectivity index (χ3n) is 4.32. The SMILES string of the molecule is Cc1cc(/C=C/c2nc3ccc(C(=O)Oc4ccncn4)cc3o2)cc(C)c1O. The van der Waals surface area contributed by atoms with Crippen LogP contribution < -0.4 is 4.74 Å². The maximum atomic E-state index is 12.3. The predicted octanol–water partition coefficient (Wildman–Crippen LogP) is 4.33. The number of phenolic OH excluding ortho intramolecular Hbond substituents is 1. The van der Waals surface area contributed by atoms with Crippen LogP contribution in [-0.2, 0) is 0 Å². The maximum Gasteiger partial charge on any atom is 0.344 e. The Morgan fingerprint density at radius 1 is 1.10 bits per heavy atom. The number of carbonyl (C=O) groups is 1. The normalized spacial score (nSPS) is 11.2. The number of aryl methyl sites for hydroxylation is 2. The number of nitrogens with zero attached hydrogens (tertiary/aromatic N) is 3. The van der Waals surface area contributed by atoms with Gasteiger partial charge < -0.3 is 14.3 Å². The number of fused-ring (bicyclic) bond motifs is 1. The van der Waals surface area contributed by atoms with E-state index in [0.717, 1.165) is 16.7 Å². The molecule has 7 nitrogen and oxygen atoms in total. The molecular weight excluding hydrogens is 370 g/mol. The number of benzene rings is 2. The lowest BCUT2D eigenvalue weighted by Gasteiger charge is -2.04. The van der Waals surface area contributed by atoms with E-state index in [1.807, 2.05) is 32.1 Å². The van der Waals surface area contributed by atoms with Gasteiger partial charge in [-0.3, -0.25) is 0 Å². The quantitative estimate of drug-likeness (QED) is 0.520. The molecule has 29 heavy (non-hydrogen) atoms. The second-order valence-corrected chi connectivity index (χ2v) is 6.51. The molecule has 0 saturated heterocycles. The van der Waals surface area contributed by atoms with Gasteiger partial charge in [-0.25, -0.2) is 19.7 Å². The van der Waals surface area contributed by atoms with E-state index < -0.39 is 5.97 Å². The Morgan fingerprint density at radius 2 is 1.90 bits per heavy atom. The molecule has 0 aliphatic rings. The number of aromatic nitrogens is 3. The summed E-state index contributed by atoms with van der Waals surface area (Å²) in [4.78, 5) is 24.3. The van der Waals surface area contributed by atoms with E-state index in [4.69, 9.17) is 9.15 Å². The molecule has 2 aromatic carbocycles. The molecule has 7 heteroatoms. The van der Waals surface area contributed by atoms with Crippen LogP contribution in [0.3, 0.4) is 0 Å². The van der Waals surface area contributed by atoms with Crippen LogP contribution >= 0.6 is 0 Å². The molecule has 0 fully saturated rings. The van der Waals surface area contributed by atoms with Crippen molar-refractivity contribution in [3.63, 3.8) is 0 Å². The molecule has 0 atom stereocenters. The van der Waals surface area contributed by atoms with E-state index in [1.165, 1.54) is 18.6 Å². The third kappa shape index (κ3) is 3.98. The van der Waals surface area contributed by atoms with Gasteiger partial charge in [0.05, 0.1) is 5.56 Å². The van der Waals surface area contributed by atoms with Gasteiger partial charge in [0.2, 0.25) is 11.8 Å². The molecule has 4 rings (SSSR count). The van der Waals surface area contributed by atoms with Gasteiger partial charge in [0.1, 0.15) is 17.6 Å². The fourth-order valence-electron chi connectivity index (χ4n) is 2.89. The highest BCUT2D eigenvalue weighted by Gasteiger charge is 2.12. The van der Waals surface area contributed by atoms with E-state index in [-0.39, 0.29) is 5.88 Å². The number of phenols is 1. The van der Waals surface area contributed by atoms with Crippen molar-refractivity contribution in [1.82, 2.24) is 15.0 Å². The minimum absolute atomic E-state index is 0.172. The van der Waals surface area contributed by atoms with Crippen molar-refractivity contribution in [2.45, 2.75) is 13.8 Å². The molecule has 0 spiro atoms. The zero-order valence-corrected chi connectivity index (χ0v) is 15.8. The van der Waals surface area contributed by atoms with Crippen LogP contribution in [0.1, 0.15) is 32.9 Å². The first-order chi connectivity index (χ1) is 14.0. The van der Waals surface area contributed by atoms with Crippen LogP contribution in [0.4, 0.5) is 0 Å². The number of esters is 1. The number of oxazole rings is 1. The van der Waals surface area contributed by atoms with Crippen molar-refractivity contribution >= 4 is 29.2 Å². The molecule has 0 radical (unpaired) electrons. The van der Waals surface area contributed by atoms with Crippen molar-refractivity contribution in [1.29, 1.82) is 0 Å². The molecule has 1 N–H and O–H groups in total. The number of carbonyl (C=O) groups excluding carboxylic acids is 1. The minimum atomic E-state index is -0.547. The van der Waals surface area contributed by atoms with E-state index in [1.54, 1.807) is 24.3 Å². The van der Waals surface area contributed by atoms with Crippen LogP contribution in [0.15, 0.2) is 53.3 Å². The topological polar surface area (TPSA) is 98.3 Å². The third-order valence-corrected chi connectivity index (χ3v) is 4.32. The van der Waals surface area contributed by atoms with Gasteiger partial charge in [-0.1, -0.05) is 0 Å². The fraction of sp³-hybridized carbons (Fsp3) is 0.0909. The monoisotopic (exact) mass is 387 g/mol.